The Morgan fingerprint density at radius 2 is 1.86 bits per heavy atom. The first-order valence-electron chi connectivity index (χ1n) is 8.83. The molecule has 6 nitrogen and oxygen atoms in total. The van der Waals surface area contributed by atoms with Crippen molar-refractivity contribution in [1.82, 2.24) is 14.8 Å². The van der Waals surface area contributed by atoms with E-state index in [9.17, 15) is 4.79 Å². The van der Waals surface area contributed by atoms with Crippen molar-refractivity contribution in [2.45, 2.75) is 25.1 Å². The van der Waals surface area contributed by atoms with E-state index in [-0.39, 0.29) is 11.7 Å². The molecule has 3 rings (SSSR count). The molecule has 2 aromatic carbocycles. The second-order valence-electron chi connectivity index (χ2n) is 6.09. The maximum absolute atomic E-state index is 12.1. The molecule has 28 heavy (non-hydrogen) atoms. The number of rotatable bonds is 8. The van der Waals surface area contributed by atoms with Crippen molar-refractivity contribution in [3.05, 3.63) is 63.5 Å². The maximum atomic E-state index is 12.1. The third kappa shape index (κ3) is 5.71. The molecule has 0 aliphatic rings. The van der Waals surface area contributed by atoms with Crippen LogP contribution in [0.2, 0.25) is 0 Å². The van der Waals surface area contributed by atoms with E-state index in [4.69, 9.17) is 4.74 Å². The zero-order valence-corrected chi connectivity index (χ0v) is 18.7. The number of benzene rings is 2. The average Bonchev–Trinajstić information content (AvgIpc) is 3.06. The fraction of sp³-hybridized carbons (Fsp3) is 0.250. The van der Waals surface area contributed by atoms with Crippen LogP contribution in [-0.2, 0) is 24.9 Å². The van der Waals surface area contributed by atoms with Gasteiger partial charge in [0.05, 0.1) is 5.75 Å². The normalized spacial score (nSPS) is 10.7. The van der Waals surface area contributed by atoms with Crippen molar-refractivity contribution < 1.29 is 9.53 Å². The third-order valence-electron chi connectivity index (χ3n) is 4.08. The van der Waals surface area contributed by atoms with Crippen LogP contribution in [0.15, 0.2) is 53.7 Å². The van der Waals surface area contributed by atoms with Crippen LogP contribution >= 0.6 is 34.4 Å². The number of halogens is 1. The Bertz CT molecular complexity index is 926. The van der Waals surface area contributed by atoms with E-state index in [1.807, 2.05) is 48.0 Å². The first-order chi connectivity index (χ1) is 13.5. The zero-order valence-electron chi connectivity index (χ0n) is 15.7. The number of thioether (sulfide) groups is 1. The summed E-state index contributed by atoms with van der Waals surface area (Å²) in [6.45, 7) is 2.44. The van der Waals surface area contributed by atoms with Crippen molar-refractivity contribution >= 4 is 45.9 Å². The molecule has 0 aliphatic carbocycles. The SMILES string of the molecule is CCc1ccc(OCc2nnc(SCC(=O)Nc3ccc(I)cc3)n2C)cc1. The molecule has 0 fully saturated rings. The van der Waals surface area contributed by atoms with E-state index in [0.717, 1.165) is 21.4 Å². The van der Waals surface area contributed by atoms with Gasteiger partial charge in [-0.05, 0) is 71.0 Å². The van der Waals surface area contributed by atoms with Crippen molar-refractivity contribution in [1.29, 1.82) is 0 Å². The van der Waals surface area contributed by atoms with Crippen LogP contribution < -0.4 is 10.1 Å². The lowest BCUT2D eigenvalue weighted by molar-refractivity contribution is -0.113. The minimum atomic E-state index is -0.0805. The quantitative estimate of drug-likeness (QED) is 0.363. The largest absolute Gasteiger partial charge is 0.486 e. The Kier molecular flexibility index (Phi) is 7.32. The number of anilines is 1. The number of amides is 1. The summed E-state index contributed by atoms with van der Waals surface area (Å²) in [5.41, 5.74) is 2.06. The Balaban J connectivity index is 1.50. The van der Waals surface area contributed by atoms with Crippen molar-refractivity contribution in [3.63, 3.8) is 0 Å². The van der Waals surface area contributed by atoms with Crippen LogP contribution in [-0.4, -0.2) is 26.4 Å². The summed E-state index contributed by atoms with van der Waals surface area (Å²) in [6.07, 6.45) is 1.00. The van der Waals surface area contributed by atoms with Crippen LogP contribution in [0.5, 0.6) is 5.75 Å². The predicted molar refractivity (Wildman–Crippen MR) is 120 cm³/mol. The lowest BCUT2D eigenvalue weighted by Gasteiger charge is -2.07. The van der Waals surface area contributed by atoms with Crippen molar-refractivity contribution in [3.8, 4) is 5.75 Å². The summed E-state index contributed by atoms with van der Waals surface area (Å²) in [6, 6.07) is 15.7. The molecular weight excluding hydrogens is 487 g/mol. The Hall–Kier alpha value is -2.07. The Labute approximate surface area is 182 Å². The molecule has 0 radical (unpaired) electrons. The highest BCUT2D eigenvalue weighted by Crippen LogP contribution is 2.19. The summed E-state index contributed by atoms with van der Waals surface area (Å²) in [5.74, 6) is 1.69. The molecule has 0 atom stereocenters. The van der Waals surface area contributed by atoms with Gasteiger partial charge in [-0.2, -0.15) is 0 Å². The van der Waals surface area contributed by atoms with Gasteiger partial charge in [0.1, 0.15) is 12.4 Å². The maximum Gasteiger partial charge on any atom is 0.234 e. The van der Waals surface area contributed by atoms with Gasteiger partial charge in [-0.25, -0.2) is 0 Å². The Morgan fingerprint density at radius 1 is 1.14 bits per heavy atom. The monoisotopic (exact) mass is 508 g/mol. The first-order valence-corrected chi connectivity index (χ1v) is 10.9. The number of aryl methyl sites for hydroxylation is 1. The molecule has 0 saturated carbocycles. The topological polar surface area (TPSA) is 69.0 Å². The van der Waals surface area contributed by atoms with Gasteiger partial charge in [0.2, 0.25) is 5.91 Å². The minimum Gasteiger partial charge on any atom is -0.486 e. The van der Waals surface area contributed by atoms with Gasteiger partial charge in [0.15, 0.2) is 11.0 Å². The van der Waals surface area contributed by atoms with Crippen LogP contribution in [0.1, 0.15) is 18.3 Å². The Morgan fingerprint density at radius 3 is 2.54 bits per heavy atom. The summed E-state index contributed by atoms with van der Waals surface area (Å²) in [7, 11) is 1.87. The van der Waals surface area contributed by atoms with Crippen LogP contribution in [0.25, 0.3) is 0 Å². The minimum absolute atomic E-state index is 0.0805. The van der Waals surface area contributed by atoms with Gasteiger partial charge >= 0.3 is 0 Å². The number of aromatic nitrogens is 3. The molecule has 1 amide bonds. The molecule has 1 aromatic heterocycles. The second kappa shape index (κ2) is 9.92. The van der Waals surface area contributed by atoms with Gasteiger partial charge in [-0.3, -0.25) is 4.79 Å². The van der Waals surface area contributed by atoms with Crippen LogP contribution in [0.4, 0.5) is 5.69 Å². The first kappa shape index (κ1) is 20.7. The predicted octanol–water partition coefficient (Wildman–Crippen LogP) is 4.29. The van der Waals surface area contributed by atoms with Crippen molar-refractivity contribution in [2.24, 2.45) is 7.05 Å². The smallest absolute Gasteiger partial charge is 0.234 e. The van der Waals surface area contributed by atoms with E-state index < -0.39 is 0 Å². The number of hydrogen-bond donors (Lipinski definition) is 1. The second-order valence-corrected chi connectivity index (χ2v) is 8.28. The lowest BCUT2D eigenvalue weighted by Crippen LogP contribution is -2.14. The standard InChI is InChI=1S/C20H21IN4O2S/c1-3-14-4-10-17(11-5-14)27-12-18-23-24-20(25(18)2)28-13-19(26)22-16-8-6-15(21)7-9-16/h4-11H,3,12-13H2,1-2H3,(H,22,26). The molecule has 0 aliphatic heterocycles. The van der Waals surface area contributed by atoms with Crippen LogP contribution in [0, 0.1) is 3.57 Å². The fourth-order valence-electron chi connectivity index (χ4n) is 2.43. The summed E-state index contributed by atoms with van der Waals surface area (Å²) >= 11 is 3.57. The van der Waals surface area contributed by atoms with E-state index >= 15 is 0 Å². The van der Waals surface area contributed by atoms with Gasteiger partial charge in [-0.1, -0.05) is 30.8 Å². The van der Waals surface area contributed by atoms with Gasteiger partial charge in [0, 0.05) is 16.3 Å². The fourth-order valence-corrected chi connectivity index (χ4v) is 3.52. The zero-order chi connectivity index (χ0) is 19.9. The molecule has 146 valence electrons. The number of nitrogens with one attached hydrogen (secondary N) is 1. The molecule has 1 heterocycles. The number of carbonyl (C=O) groups excluding carboxylic acids is 1. The van der Waals surface area contributed by atoms with E-state index in [1.54, 1.807) is 0 Å². The molecule has 0 unspecified atom stereocenters. The van der Waals surface area contributed by atoms with Gasteiger partial charge in [0.25, 0.3) is 0 Å². The average molecular weight is 508 g/mol. The van der Waals surface area contributed by atoms with E-state index in [2.05, 4.69) is 57.2 Å². The highest BCUT2D eigenvalue weighted by atomic mass is 127. The number of nitrogens with zero attached hydrogens (tertiary/aromatic N) is 3. The number of ether oxygens (including phenoxy) is 1. The van der Waals surface area contributed by atoms with Gasteiger partial charge < -0.3 is 14.6 Å². The molecule has 0 spiro atoms. The van der Waals surface area contributed by atoms with Crippen LogP contribution in [0.3, 0.4) is 0 Å². The number of hydrogen-bond acceptors (Lipinski definition) is 5. The molecule has 8 heteroatoms. The van der Waals surface area contributed by atoms with Gasteiger partial charge in [-0.15, -0.1) is 10.2 Å². The molecule has 3 aromatic rings. The summed E-state index contributed by atoms with van der Waals surface area (Å²) in [4.78, 5) is 12.1. The van der Waals surface area contributed by atoms with E-state index in [0.29, 0.717) is 17.6 Å². The summed E-state index contributed by atoms with van der Waals surface area (Å²) in [5, 5.41) is 11.9. The molecule has 0 bridgehead atoms. The molecule has 0 saturated heterocycles. The lowest BCUT2D eigenvalue weighted by atomic mass is 10.2. The molecule has 1 N–H and O–H groups in total. The number of carbonyl (C=O) groups is 1. The van der Waals surface area contributed by atoms with Crippen molar-refractivity contribution in [2.75, 3.05) is 11.1 Å². The third-order valence-corrected chi connectivity index (χ3v) is 5.82. The highest BCUT2D eigenvalue weighted by molar-refractivity contribution is 14.1. The van der Waals surface area contributed by atoms with E-state index in [1.165, 1.54) is 17.3 Å². The summed E-state index contributed by atoms with van der Waals surface area (Å²) < 4.78 is 8.76. The highest BCUT2D eigenvalue weighted by Gasteiger charge is 2.12. The molecular formula is C20H21IN4O2S.